The fourth-order valence-corrected chi connectivity index (χ4v) is 3.15. The van der Waals surface area contributed by atoms with Gasteiger partial charge in [-0.3, -0.25) is 13.9 Å². The maximum Gasteiger partial charge on any atom is 0.332 e. The third-order valence-electron chi connectivity index (χ3n) is 3.96. The van der Waals surface area contributed by atoms with Gasteiger partial charge in [0, 0.05) is 14.1 Å². The third-order valence-corrected chi connectivity index (χ3v) is 4.56. The summed E-state index contributed by atoms with van der Waals surface area (Å²) in [5.74, 6) is 0.808. The lowest BCUT2D eigenvalue weighted by atomic mass is 10.2. The smallest absolute Gasteiger partial charge is 0.332 e. The molecule has 0 saturated heterocycles. The first-order valence-corrected chi connectivity index (χ1v) is 8.21. The van der Waals surface area contributed by atoms with Crippen LogP contribution in [0.2, 0.25) is 0 Å². The summed E-state index contributed by atoms with van der Waals surface area (Å²) in [6.45, 7) is 2.81. The Morgan fingerprint density at radius 1 is 1.17 bits per heavy atom. The molecule has 8 heteroatoms. The maximum absolute atomic E-state index is 12.2. The van der Waals surface area contributed by atoms with E-state index in [-0.39, 0.29) is 11.2 Å². The zero-order valence-corrected chi connectivity index (χ0v) is 15.2. The average Bonchev–Trinajstić information content (AvgIpc) is 2.90. The molecule has 0 atom stereocenters. The lowest BCUT2D eigenvalue weighted by Gasteiger charge is -2.12. The van der Waals surface area contributed by atoms with Crippen molar-refractivity contribution < 1.29 is 4.74 Å². The van der Waals surface area contributed by atoms with Crippen LogP contribution >= 0.6 is 15.9 Å². The lowest BCUT2D eigenvalue weighted by molar-refractivity contribution is 0.296. The van der Waals surface area contributed by atoms with Crippen molar-refractivity contribution in [2.75, 3.05) is 6.61 Å². The zero-order chi connectivity index (χ0) is 17.4. The predicted octanol–water partition coefficient (Wildman–Crippen LogP) is 1.58. The molecule has 2 heterocycles. The van der Waals surface area contributed by atoms with Gasteiger partial charge >= 0.3 is 5.69 Å². The van der Waals surface area contributed by atoms with Crippen LogP contribution in [0.15, 0.2) is 38.6 Å². The Balaban J connectivity index is 1.96. The highest BCUT2D eigenvalue weighted by Gasteiger charge is 2.17. The van der Waals surface area contributed by atoms with Gasteiger partial charge < -0.3 is 9.30 Å². The van der Waals surface area contributed by atoms with Crippen LogP contribution in [0.5, 0.6) is 5.75 Å². The van der Waals surface area contributed by atoms with E-state index < -0.39 is 5.56 Å². The molecule has 3 rings (SSSR count). The number of nitrogens with zero attached hydrogens (tertiary/aromatic N) is 4. The fraction of sp³-hybridized carbons (Fsp3) is 0.312. The first-order valence-electron chi connectivity index (χ1n) is 7.42. The number of imidazole rings is 1. The van der Waals surface area contributed by atoms with Crippen molar-refractivity contribution in [1.29, 1.82) is 0 Å². The van der Waals surface area contributed by atoms with E-state index in [1.165, 1.54) is 11.6 Å². The number of benzene rings is 1. The van der Waals surface area contributed by atoms with Crippen LogP contribution in [-0.2, 0) is 20.6 Å². The standard InChI is InChI=1S/C16H17BrN4O3/c1-10-6-4-5-7-11(10)24-9-8-21-13-12(18-15(21)17)14(22)20(3)16(23)19(13)2/h4-7H,8-9H2,1-3H3. The van der Waals surface area contributed by atoms with Gasteiger partial charge in [0.15, 0.2) is 15.9 Å². The molecule has 0 amide bonds. The van der Waals surface area contributed by atoms with E-state index >= 15 is 0 Å². The highest BCUT2D eigenvalue weighted by atomic mass is 79.9. The molecule has 0 unspecified atom stereocenters. The van der Waals surface area contributed by atoms with Gasteiger partial charge in [-0.05, 0) is 34.5 Å². The normalized spacial score (nSPS) is 11.2. The Bertz CT molecular complexity index is 1030. The molecule has 0 radical (unpaired) electrons. The summed E-state index contributed by atoms with van der Waals surface area (Å²) < 4.78 is 10.5. The van der Waals surface area contributed by atoms with Crippen LogP contribution in [0.1, 0.15) is 5.56 Å². The molecular weight excluding hydrogens is 376 g/mol. The van der Waals surface area contributed by atoms with Crippen molar-refractivity contribution in [1.82, 2.24) is 18.7 Å². The van der Waals surface area contributed by atoms with Crippen molar-refractivity contribution in [3.05, 3.63) is 55.4 Å². The molecule has 24 heavy (non-hydrogen) atoms. The largest absolute Gasteiger partial charge is 0.491 e. The van der Waals surface area contributed by atoms with E-state index in [0.29, 0.717) is 23.5 Å². The first-order chi connectivity index (χ1) is 11.4. The summed E-state index contributed by atoms with van der Waals surface area (Å²) in [5, 5.41) is 0. The van der Waals surface area contributed by atoms with Gasteiger partial charge in [0.2, 0.25) is 0 Å². The Hall–Kier alpha value is -2.35. The van der Waals surface area contributed by atoms with E-state index in [0.717, 1.165) is 15.9 Å². The van der Waals surface area contributed by atoms with Crippen LogP contribution in [0, 0.1) is 6.92 Å². The molecule has 0 fully saturated rings. The number of hydrogen-bond donors (Lipinski definition) is 0. The van der Waals surface area contributed by atoms with Crippen LogP contribution in [-0.4, -0.2) is 25.3 Å². The number of rotatable bonds is 4. The van der Waals surface area contributed by atoms with Crippen molar-refractivity contribution >= 4 is 27.1 Å². The van der Waals surface area contributed by atoms with Crippen molar-refractivity contribution in [2.45, 2.75) is 13.5 Å². The molecule has 0 aliphatic rings. The van der Waals surface area contributed by atoms with E-state index in [1.54, 1.807) is 11.6 Å². The summed E-state index contributed by atoms with van der Waals surface area (Å²) in [6, 6.07) is 7.75. The maximum atomic E-state index is 12.2. The first kappa shape index (κ1) is 16.5. The minimum Gasteiger partial charge on any atom is -0.491 e. The second kappa shape index (κ2) is 6.27. The Labute approximate surface area is 146 Å². The molecule has 0 spiro atoms. The molecule has 3 aromatic rings. The van der Waals surface area contributed by atoms with Gasteiger partial charge in [-0.25, -0.2) is 9.78 Å². The molecular formula is C16H17BrN4O3. The third kappa shape index (κ3) is 2.66. The highest BCUT2D eigenvalue weighted by molar-refractivity contribution is 9.10. The number of aromatic nitrogens is 4. The number of halogens is 1. The zero-order valence-electron chi connectivity index (χ0n) is 13.6. The topological polar surface area (TPSA) is 71.1 Å². The Morgan fingerprint density at radius 2 is 1.88 bits per heavy atom. The molecule has 0 bridgehead atoms. The molecule has 0 N–H and O–H groups in total. The van der Waals surface area contributed by atoms with Crippen molar-refractivity contribution in [3.8, 4) is 5.75 Å². The summed E-state index contributed by atoms with van der Waals surface area (Å²) in [5.41, 5.74) is 0.979. The van der Waals surface area contributed by atoms with E-state index in [1.807, 2.05) is 31.2 Å². The summed E-state index contributed by atoms with van der Waals surface area (Å²) in [6.07, 6.45) is 0. The average molecular weight is 393 g/mol. The summed E-state index contributed by atoms with van der Waals surface area (Å²) >= 11 is 3.36. The van der Waals surface area contributed by atoms with Crippen LogP contribution < -0.4 is 16.0 Å². The number of aryl methyl sites for hydroxylation is 2. The molecule has 0 saturated carbocycles. The molecule has 7 nitrogen and oxygen atoms in total. The minimum atomic E-state index is -0.410. The van der Waals surface area contributed by atoms with Crippen molar-refractivity contribution in [3.63, 3.8) is 0 Å². The molecule has 2 aromatic heterocycles. The Kier molecular flexibility index (Phi) is 4.31. The van der Waals surface area contributed by atoms with Gasteiger partial charge in [-0.1, -0.05) is 18.2 Å². The highest BCUT2D eigenvalue weighted by Crippen LogP contribution is 2.18. The number of para-hydroxylation sites is 1. The minimum absolute atomic E-state index is 0.252. The fourth-order valence-electron chi connectivity index (χ4n) is 2.63. The van der Waals surface area contributed by atoms with E-state index in [4.69, 9.17) is 4.74 Å². The second-order valence-corrected chi connectivity index (χ2v) is 6.23. The van der Waals surface area contributed by atoms with E-state index in [2.05, 4.69) is 20.9 Å². The van der Waals surface area contributed by atoms with Crippen LogP contribution in [0.4, 0.5) is 0 Å². The summed E-state index contributed by atoms with van der Waals surface area (Å²) in [7, 11) is 3.06. The molecule has 0 aliphatic heterocycles. The van der Waals surface area contributed by atoms with Gasteiger partial charge in [0.25, 0.3) is 5.56 Å². The SMILES string of the molecule is Cc1ccccc1OCCn1c(Br)nc2c(=O)n(C)c(=O)n(C)c21. The quantitative estimate of drug-likeness (QED) is 0.632. The lowest BCUT2D eigenvalue weighted by Crippen LogP contribution is -2.37. The van der Waals surface area contributed by atoms with Gasteiger partial charge in [-0.2, -0.15) is 0 Å². The molecule has 0 aliphatic carbocycles. The van der Waals surface area contributed by atoms with Gasteiger partial charge in [-0.15, -0.1) is 0 Å². The second-order valence-electron chi connectivity index (χ2n) is 5.52. The summed E-state index contributed by atoms with van der Waals surface area (Å²) in [4.78, 5) is 28.6. The van der Waals surface area contributed by atoms with Crippen LogP contribution in [0.3, 0.4) is 0 Å². The number of hydrogen-bond acceptors (Lipinski definition) is 4. The monoisotopic (exact) mass is 392 g/mol. The Morgan fingerprint density at radius 3 is 2.58 bits per heavy atom. The van der Waals surface area contributed by atoms with Crippen LogP contribution in [0.25, 0.3) is 11.2 Å². The van der Waals surface area contributed by atoms with Gasteiger partial charge in [0.05, 0.1) is 6.54 Å². The van der Waals surface area contributed by atoms with Crippen molar-refractivity contribution in [2.24, 2.45) is 14.1 Å². The van der Waals surface area contributed by atoms with E-state index in [9.17, 15) is 9.59 Å². The predicted molar refractivity (Wildman–Crippen MR) is 94.6 cm³/mol. The number of ether oxygens (including phenoxy) is 1. The molecule has 1 aromatic carbocycles. The molecule has 126 valence electrons. The number of fused-ring (bicyclic) bond motifs is 1. The van der Waals surface area contributed by atoms with Gasteiger partial charge in [0.1, 0.15) is 12.4 Å².